The Balaban J connectivity index is 1.92. The number of nitrogens with zero attached hydrogens (tertiary/aromatic N) is 2. The molecular weight excluding hydrogens is 440 g/mol. The van der Waals surface area contributed by atoms with E-state index in [2.05, 4.69) is 15.2 Å². The van der Waals surface area contributed by atoms with Gasteiger partial charge in [-0.15, -0.1) is 0 Å². The fraction of sp³-hybridized carbons (Fsp3) is 0.500. The zero-order valence-electron chi connectivity index (χ0n) is 20.1. The highest BCUT2D eigenvalue weighted by molar-refractivity contribution is 7.89. The third-order valence-corrected chi connectivity index (χ3v) is 8.31. The first-order valence-corrected chi connectivity index (χ1v) is 12.9. The molecule has 8 nitrogen and oxygen atoms in total. The number of carbonyl (C=O) groups excluding carboxylic acids is 2. The van der Waals surface area contributed by atoms with Crippen LogP contribution in [0, 0.1) is 13.8 Å². The number of rotatable bonds is 10. The summed E-state index contributed by atoms with van der Waals surface area (Å²) in [4.78, 5) is 30.4. The quantitative estimate of drug-likeness (QED) is 0.508. The van der Waals surface area contributed by atoms with Gasteiger partial charge in [0.25, 0.3) is 0 Å². The first kappa shape index (κ1) is 25.0. The molecule has 1 saturated heterocycles. The first-order chi connectivity index (χ1) is 15.6. The number of Topliss-reactive ketones (excluding diaryl/α,β-unsaturated/α-hetero) is 2. The van der Waals surface area contributed by atoms with Crippen molar-refractivity contribution in [2.75, 3.05) is 42.9 Å². The van der Waals surface area contributed by atoms with Gasteiger partial charge in [0.15, 0.2) is 11.6 Å². The molecule has 3 rings (SSSR count). The van der Waals surface area contributed by atoms with Crippen molar-refractivity contribution < 1.29 is 18.0 Å². The van der Waals surface area contributed by atoms with E-state index >= 15 is 0 Å². The number of aryl methyl sites for hydroxylation is 1. The molecule has 0 saturated carbocycles. The monoisotopic (exact) mass is 474 g/mol. The summed E-state index contributed by atoms with van der Waals surface area (Å²) in [5.41, 5.74) is 3.77. The lowest BCUT2D eigenvalue weighted by Crippen LogP contribution is -2.31. The number of sulfonamides is 1. The Morgan fingerprint density at radius 1 is 1.12 bits per heavy atom. The smallest absolute Gasteiger partial charge is 0.243 e. The van der Waals surface area contributed by atoms with Gasteiger partial charge in [0, 0.05) is 37.4 Å². The van der Waals surface area contributed by atoms with Crippen molar-refractivity contribution in [3.63, 3.8) is 0 Å². The predicted octanol–water partition coefficient (Wildman–Crippen LogP) is 3.76. The van der Waals surface area contributed by atoms with Crippen LogP contribution >= 0.6 is 0 Å². The number of ketones is 2. The van der Waals surface area contributed by atoms with Crippen molar-refractivity contribution in [2.24, 2.45) is 0 Å². The maximum absolute atomic E-state index is 13.1. The molecule has 0 aliphatic carbocycles. The Bertz CT molecular complexity index is 1140. The van der Waals surface area contributed by atoms with Gasteiger partial charge < -0.3 is 15.2 Å². The van der Waals surface area contributed by atoms with Crippen LogP contribution in [-0.4, -0.2) is 62.0 Å². The Kier molecular flexibility index (Phi) is 7.64. The second-order valence-electron chi connectivity index (χ2n) is 8.42. The lowest BCUT2D eigenvalue weighted by atomic mass is 10.1. The zero-order chi connectivity index (χ0) is 24.3. The maximum Gasteiger partial charge on any atom is 0.243 e. The SMILES string of the molecule is CCN(CC)S(=O)(=O)c1ccc(N2CCCC2)c(NCC(=O)c2[nH]c(C)c(C(C)=O)c2C)c1. The van der Waals surface area contributed by atoms with Gasteiger partial charge in [-0.1, -0.05) is 13.8 Å². The number of hydrogen-bond acceptors (Lipinski definition) is 6. The topological polar surface area (TPSA) is 103 Å². The Morgan fingerprint density at radius 3 is 2.30 bits per heavy atom. The minimum Gasteiger partial charge on any atom is -0.376 e. The van der Waals surface area contributed by atoms with E-state index in [-0.39, 0.29) is 23.0 Å². The third kappa shape index (κ3) is 4.99. The number of benzene rings is 1. The van der Waals surface area contributed by atoms with Gasteiger partial charge >= 0.3 is 0 Å². The van der Waals surface area contributed by atoms with Gasteiger partial charge in [-0.3, -0.25) is 9.59 Å². The lowest BCUT2D eigenvalue weighted by Gasteiger charge is -2.24. The summed E-state index contributed by atoms with van der Waals surface area (Å²) in [6.07, 6.45) is 2.15. The van der Waals surface area contributed by atoms with E-state index < -0.39 is 10.0 Å². The van der Waals surface area contributed by atoms with Gasteiger partial charge in [0.1, 0.15) is 0 Å². The highest BCUT2D eigenvalue weighted by atomic mass is 32.2. The number of carbonyl (C=O) groups is 2. The summed E-state index contributed by atoms with van der Waals surface area (Å²) in [6.45, 7) is 11.2. The molecule has 0 radical (unpaired) electrons. The van der Waals surface area contributed by atoms with E-state index in [1.165, 1.54) is 11.2 Å². The van der Waals surface area contributed by atoms with E-state index in [0.29, 0.717) is 41.3 Å². The summed E-state index contributed by atoms with van der Waals surface area (Å²) < 4.78 is 27.6. The summed E-state index contributed by atoms with van der Waals surface area (Å²) in [7, 11) is -3.63. The molecule has 2 heterocycles. The number of anilines is 2. The number of hydrogen-bond donors (Lipinski definition) is 2. The molecule has 0 spiro atoms. The fourth-order valence-corrected chi connectivity index (χ4v) is 6.07. The van der Waals surface area contributed by atoms with Crippen molar-refractivity contribution in [1.82, 2.24) is 9.29 Å². The van der Waals surface area contributed by atoms with Gasteiger partial charge in [-0.2, -0.15) is 4.31 Å². The summed E-state index contributed by atoms with van der Waals surface area (Å²) >= 11 is 0. The zero-order valence-corrected chi connectivity index (χ0v) is 20.9. The molecule has 2 aromatic rings. The molecule has 0 unspecified atom stereocenters. The second-order valence-corrected chi connectivity index (χ2v) is 10.4. The van der Waals surface area contributed by atoms with Crippen LogP contribution in [0.5, 0.6) is 0 Å². The molecule has 1 aliphatic rings. The largest absolute Gasteiger partial charge is 0.376 e. The van der Waals surface area contributed by atoms with Crippen LogP contribution in [0.1, 0.15) is 65.7 Å². The average Bonchev–Trinajstić information content (AvgIpc) is 3.40. The normalized spacial score (nSPS) is 14.2. The van der Waals surface area contributed by atoms with E-state index in [4.69, 9.17) is 0 Å². The van der Waals surface area contributed by atoms with Crippen LogP contribution in [-0.2, 0) is 10.0 Å². The van der Waals surface area contributed by atoms with E-state index in [1.807, 2.05) is 19.9 Å². The molecule has 1 aromatic heterocycles. The highest BCUT2D eigenvalue weighted by Gasteiger charge is 2.25. The van der Waals surface area contributed by atoms with Gasteiger partial charge in [0.2, 0.25) is 10.0 Å². The standard InChI is InChI=1S/C24H34N4O4S/c1-6-28(7-2)33(31,32)19-10-11-21(27-12-8-9-13-27)20(14-19)25-15-22(30)24-16(3)23(18(5)29)17(4)26-24/h10-11,14,25-26H,6-9,12-13,15H2,1-5H3. The van der Waals surface area contributed by atoms with Crippen LogP contribution in [0.3, 0.4) is 0 Å². The Labute approximate surface area is 196 Å². The van der Waals surface area contributed by atoms with Crippen molar-refractivity contribution in [1.29, 1.82) is 0 Å². The minimum absolute atomic E-state index is 0.0201. The number of nitrogens with one attached hydrogen (secondary N) is 2. The minimum atomic E-state index is -3.63. The van der Waals surface area contributed by atoms with Crippen LogP contribution in [0.4, 0.5) is 11.4 Å². The van der Waals surface area contributed by atoms with Crippen LogP contribution in [0.25, 0.3) is 0 Å². The molecule has 0 amide bonds. The molecule has 1 aromatic carbocycles. The summed E-state index contributed by atoms with van der Waals surface area (Å²) in [6, 6.07) is 5.10. The van der Waals surface area contributed by atoms with E-state index in [0.717, 1.165) is 31.6 Å². The molecule has 9 heteroatoms. The first-order valence-electron chi connectivity index (χ1n) is 11.5. The average molecular weight is 475 g/mol. The molecule has 33 heavy (non-hydrogen) atoms. The highest BCUT2D eigenvalue weighted by Crippen LogP contribution is 2.32. The summed E-state index contributed by atoms with van der Waals surface area (Å²) in [5, 5.41) is 3.18. The molecule has 1 fully saturated rings. The van der Waals surface area contributed by atoms with Crippen molar-refractivity contribution in [2.45, 2.75) is 52.4 Å². The third-order valence-electron chi connectivity index (χ3n) is 6.27. The Morgan fingerprint density at radius 2 is 1.76 bits per heavy atom. The van der Waals surface area contributed by atoms with Crippen LogP contribution < -0.4 is 10.2 Å². The predicted molar refractivity (Wildman–Crippen MR) is 131 cm³/mol. The molecular formula is C24H34N4O4S. The van der Waals surface area contributed by atoms with E-state index in [9.17, 15) is 18.0 Å². The van der Waals surface area contributed by atoms with Gasteiger partial charge in [0.05, 0.1) is 28.5 Å². The Hall–Kier alpha value is -2.65. The maximum atomic E-state index is 13.1. The van der Waals surface area contributed by atoms with Crippen LogP contribution in [0.2, 0.25) is 0 Å². The van der Waals surface area contributed by atoms with E-state index in [1.54, 1.807) is 26.0 Å². The van der Waals surface area contributed by atoms with Crippen LogP contribution in [0.15, 0.2) is 23.1 Å². The molecule has 0 bridgehead atoms. The van der Waals surface area contributed by atoms with Crippen molar-refractivity contribution >= 4 is 33.0 Å². The number of H-pyrrole nitrogens is 1. The van der Waals surface area contributed by atoms with Gasteiger partial charge in [-0.25, -0.2) is 8.42 Å². The molecule has 0 atom stereocenters. The molecule has 180 valence electrons. The lowest BCUT2D eigenvalue weighted by molar-refractivity contribution is 0.1000. The van der Waals surface area contributed by atoms with Gasteiger partial charge in [-0.05, 0) is 57.4 Å². The number of aromatic amines is 1. The fourth-order valence-electron chi connectivity index (χ4n) is 4.58. The van der Waals surface area contributed by atoms with Crippen molar-refractivity contribution in [3.05, 3.63) is 40.7 Å². The number of aromatic nitrogens is 1. The van der Waals surface area contributed by atoms with Crippen molar-refractivity contribution in [3.8, 4) is 0 Å². The molecule has 1 aliphatic heterocycles. The second kappa shape index (κ2) is 10.1. The molecule has 2 N–H and O–H groups in total. The summed E-state index contributed by atoms with van der Waals surface area (Å²) in [5.74, 6) is -0.272.